The van der Waals surface area contributed by atoms with Crippen molar-refractivity contribution in [2.75, 3.05) is 0 Å². The fraction of sp³-hybridized carbons (Fsp3) is 0.588. The number of amides is 3. The molecule has 6 nitrogen and oxygen atoms in total. The Morgan fingerprint density at radius 3 is 2.62 bits per heavy atom. The molecule has 0 saturated heterocycles. The van der Waals surface area contributed by atoms with Gasteiger partial charge in [-0.05, 0) is 49.1 Å². The summed E-state index contributed by atoms with van der Waals surface area (Å²) in [7, 11) is 0. The highest BCUT2D eigenvalue weighted by Crippen LogP contribution is 2.40. The van der Waals surface area contributed by atoms with Crippen molar-refractivity contribution in [3.05, 3.63) is 21.4 Å². The van der Waals surface area contributed by atoms with Crippen LogP contribution in [0.2, 0.25) is 0 Å². The van der Waals surface area contributed by atoms with Crippen molar-refractivity contribution in [3.8, 4) is 0 Å². The summed E-state index contributed by atoms with van der Waals surface area (Å²) in [5.41, 5.74) is 6.32. The summed E-state index contributed by atoms with van der Waals surface area (Å²) in [6, 6.07) is 0.904. The number of carbonyl (C=O) groups excluding carboxylic acids is 3. The summed E-state index contributed by atoms with van der Waals surface area (Å²) < 4.78 is 5.12. The van der Waals surface area contributed by atoms with Crippen LogP contribution < -0.4 is 11.1 Å². The van der Waals surface area contributed by atoms with E-state index in [2.05, 4.69) is 20.8 Å². The summed E-state index contributed by atoms with van der Waals surface area (Å²) in [6.45, 7) is 8.12. The van der Waals surface area contributed by atoms with Gasteiger partial charge in [-0.15, -0.1) is 11.3 Å². The number of nitrogens with two attached hydrogens (primary N) is 1. The highest BCUT2D eigenvalue weighted by molar-refractivity contribution is 7.14. The van der Waals surface area contributed by atoms with Gasteiger partial charge in [0.2, 0.25) is 0 Å². The molecule has 24 heavy (non-hydrogen) atoms. The normalized spacial score (nSPS) is 18.4. The molecule has 7 heteroatoms. The molecular formula is C17H24N2O4S. The largest absolute Gasteiger partial charge is 0.448 e. The third kappa shape index (κ3) is 4.35. The number of esters is 1. The van der Waals surface area contributed by atoms with Gasteiger partial charge in [-0.2, -0.15) is 0 Å². The number of aryl methyl sites for hydroxylation is 1. The zero-order chi connectivity index (χ0) is 18.1. The molecule has 0 unspecified atom stereocenters. The van der Waals surface area contributed by atoms with E-state index in [1.807, 2.05) is 11.4 Å². The van der Waals surface area contributed by atoms with Gasteiger partial charge >= 0.3 is 12.0 Å². The van der Waals surface area contributed by atoms with Crippen molar-refractivity contribution in [1.29, 1.82) is 0 Å². The van der Waals surface area contributed by atoms with Crippen LogP contribution in [0.25, 0.3) is 0 Å². The lowest BCUT2D eigenvalue weighted by molar-refractivity contribution is -0.127. The number of hydrogen-bond donors (Lipinski definition) is 2. The molecule has 1 aromatic rings. The minimum Gasteiger partial charge on any atom is -0.448 e. The third-order valence-corrected chi connectivity index (χ3v) is 5.63. The summed E-state index contributed by atoms with van der Waals surface area (Å²) >= 11 is 1.43. The van der Waals surface area contributed by atoms with Crippen LogP contribution in [-0.4, -0.2) is 24.0 Å². The molecule has 0 bridgehead atoms. The van der Waals surface area contributed by atoms with E-state index >= 15 is 0 Å². The molecule has 0 saturated carbocycles. The predicted molar refractivity (Wildman–Crippen MR) is 91.9 cm³/mol. The van der Waals surface area contributed by atoms with Gasteiger partial charge in [0.15, 0.2) is 6.10 Å². The second-order valence-corrected chi connectivity index (χ2v) is 8.40. The van der Waals surface area contributed by atoms with Crippen LogP contribution in [0.1, 0.15) is 54.2 Å². The van der Waals surface area contributed by atoms with Gasteiger partial charge in [0.1, 0.15) is 4.88 Å². The number of primary amides is 1. The number of fused-ring (bicyclic) bond motifs is 1. The number of imide groups is 1. The second kappa shape index (κ2) is 6.93. The molecule has 3 N–H and O–H groups in total. The van der Waals surface area contributed by atoms with E-state index in [0.29, 0.717) is 10.8 Å². The zero-order valence-electron chi connectivity index (χ0n) is 14.5. The van der Waals surface area contributed by atoms with Crippen molar-refractivity contribution in [2.45, 2.75) is 53.1 Å². The number of ether oxygens (including phenoxy) is 1. The Kier molecular flexibility index (Phi) is 5.32. The summed E-state index contributed by atoms with van der Waals surface area (Å²) in [6.07, 6.45) is 1.96. The molecule has 0 radical (unpaired) electrons. The topological polar surface area (TPSA) is 98.5 Å². The average molecular weight is 352 g/mol. The summed E-state index contributed by atoms with van der Waals surface area (Å²) in [5, 5.41) is 1.90. The molecule has 0 aliphatic heterocycles. The first kappa shape index (κ1) is 18.4. The van der Waals surface area contributed by atoms with Crippen LogP contribution in [0.4, 0.5) is 4.79 Å². The van der Waals surface area contributed by atoms with Crippen molar-refractivity contribution in [3.63, 3.8) is 0 Å². The first-order valence-electron chi connectivity index (χ1n) is 8.00. The first-order chi connectivity index (χ1) is 11.1. The molecule has 1 aliphatic rings. The van der Waals surface area contributed by atoms with Crippen LogP contribution in [0.3, 0.4) is 0 Å². The molecule has 0 aromatic carbocycles. The molecule has 1 aliphatic carbocycles. The van der Waals surface area contributed by atoms with Gasteiger partial charge in [-0.3, -0.25) is 10.1 Å². The van der Waals surface area contributed by atoms with E-state index in [1.165, 1.54) is 28.7 Å². The van der Waals surface area contributed by atoms with Crippen molar-refractivity contribution in [1.82, 2.24) is 5.32 Å². The predicted octanol–water partition coefficient (Wildman–Crippen LogP) is 2.64. The molecule has 132 valence electrons. The molecule has 1 heterocycles. The van der Waals surface area contributed by atoms with Gasteiger partial charge in [0.05, 0.1) is 0 Å². The Hall–Kier alpha value is -1.89. The molecule has 2 atom stereocenters. The SMILES string of the molecule is C[C@H](OC(=O)c1cc2c(s1)CC[C@H](C(C)(C)C)C2)C(=O)NC(N)=O. The lowest BCUT2D eigenvalue weighted by atomic mass is 9.72. The fourth-order valence-corrected chi connectivity index (χ4v) is 3.95. The Morgan fingerprint density at radius 2 is 2.04 bits per heavy atom. The lowest BCUT2D eigenvalue weighted by Crippen LogP contribution is -2.42. The number of nitrogens with one attached hydrogen (secondary N) is 1. The van der Waals surface area contributed by atoms with E-state index in [9.17, 15) is 14.4 Å². The van der Waals surface area contributed by atoms with Crippen molar-refractivity contribution in [2.24, 2.45) is 17.1 Å². The summed E-state index contributed by atoms with van der Waals surface area (Å²) in [4.78, 5) is 36.2. The van der Waals surface area contributed by atoms with Crippen LogP contribution in [-0.2, 0) is 22.4 Å². The number of rotatable bonds is 3. The lowest BCUT2D eigenvalue weighted by Gasteiger charge is -2.33. The van der Waals surface area contributed by atoms with E-state index in [0.717, 1.165) is 19.3 Å². The van der Waals surface area contributed by atoms with Crippen LogP contribution in [0.15, 0.2) is 6.07 Å². The molecule has 0 spiro atoms. The molecular weight excluding hydrogens is 328 g/mol. The monoisotopic (exact) mass is 352 g/mol. The average Bonchev–Trinajstić information content (AvgIpc) is 2.88. The van der Waals surface area contributed by atoms with Gasteiger partial charge in [0, 0.05) is 4.88 Å². The van der Waals surface area contributed by atoms with Gasteiger partial charge in [-0.25, -0.2) is 9.59 Å². The second-order valence-electron chi connectivity index (χ2n) is 7.27. The third-order valence-electron chi connectivity index (χ3n) is 4.41. The smallest absolute Gasteiger partial charge is 0.349 e. The van der Waals surface area contributed by atoms with Gasteiger partial charge < -0.3 is 10.5 Å². The number of carbonyl (C=O) groups is 3. The Balaban J connectivity index is 2.04. The molecule has 2 rings (SSSR count). The zero-order valence-corrected chi connectivity index (χ0v) is 15.3. The standard InChI is InChI=1S/C17H24N2O4S/c1-9(14(20)19-16(18)22)23-15(21)13-8-10-7-11(17(2,3)4)5-6-12(10)24-13/h8-9,11H,5-7H2,1-4H3,(H3,18,19,20,22)/t9-,11-/m0/s1. The highest BCUT2D eigenvalue weighted by Gasteiger charge is 2.31. The minimum atomic E-state index is -1.08. The number of hydrogen-bond acceptors (Lipinski definition) is 5. The highest BCUT2D eigenvalue weighted by atomic mass is 32.1. The van der Waals surface area contributed by atoms with Crippen LogP contribution in [0, 0.1) is 11.3 Å². The quantitative estimate of drug-likeness (QED) is 0.817. The maximum atomic E-state index is 12.2. The fourth-order valence-electron chi connectivity index (χ4n) is 2.86. The number of thiophene rings is 1. The molecule has 0 fully saturated rings. The van der Waals surface area contributed by atoms with Crippen LogP contribution >= 0.6 is 11.3 Å². The van der Waals surface area contributed by atoms with Crippen molar-refractivity contribution < 1.29 is 19.1 Å². The van der Waals surface area contributed by atoms with Crippen molar-refractivity contribution >= 4 is 29.2 Å². The van der Waals surface area contributed by atoms with Crippen LogP contribution in [0.5, 0.6) is 0 Å². The molecule has 1 aromatic heterocycles. The maximum Gasteiger partial charge on any atom is 0.349 e. The Labute approximate surface area is 145 Å². The van der Waals surface area contributed by atoms with E-state index in [4.69, 9.17) is 10.5 Å². The van der Waals surface area contributed by atoms with E-state index < -0.39 is 24.0 Å². The van der Waals surface area contributed by atoms with Gasteiger partial charge in [0.25, 0.3) is 5.91 Å². The Bertz CT molecular complexity index is 660. The minimum absolute atomic E-state index is 0.238. The van der Waals surface area contributed by atoms with E-state index in [-0.39, 0.29) is 5.41 Å². The Morgan fingerprint density at radius 1 is 1.38 bits per heavy atom. The summed E-state index contributed by atoms with van der Waals surface area (Å²) in [5.74, 6) is -0.692. The number of urea groups is 1. The molecule has 3 amide bonds. The maximum absolute atomic E-state index is 12.2. The van der Waals surface area contributed by atoms with E-state index in [1.54, 1.807) is 0 Å². The van der Waals surface area contributed by atoms with Gasteiger partial charge in [-0.1, -0.05) is 20.8 Å². The first-order valence-corrected chi connectivity index (χ1v) is 8.82.